The van der Waals surface area contributed by atoms with Crippen molar-refractivity contribution in [1.82, 2.24) is 14.9 Å². The van der Waals surface area contributed by atoms with Gasteiger partial charge in [0.15, 0.2) is 5.16 Å². The third kappa shape index (κ3) is 1.99. The Labute approximate surface area is 132 Å². The smallest absolute Gasteiger partial charge is 0.276 e. The zero-order valence-corrected chi connectivity index (χ0v) is 12.9. The molecule has 0 N–H and O–H groups in total. The number of amides is 2. The predicted molar refractivity (Wildman–Crippen MR) is 85.6 cm³/mol. The van der Waals surface area contributed by atoms with Crippen molar-refractivity contribution in [2.24, 2.45) is 15.9 Å². The van der Waals surface area contributed by atoms with Gasteiger partial charge in [0.05, 0.1) is 18.3 Å². The van der Waals surface area contributed by atoms with Gasteiger partial charge in [0, 0.05) is 30.7 Å². The van der Waals surface area contributed by atoms with E-state index in [0.717, 1.165) is 23.1 Å². The normalized spacial score (nSPS) is 29.3. The molecule has 6 nitrogen and oxygen atoms in total. The maximum absolute atomic E-state index is 12.2. The minimum atomic E-state index is -0.211. The molecule has 3 unspecified atom stereocenters. The van der Waals surface area contributed by atoms with Crippen LogP contribution in [0.2, 0.25) is 0 Å². The van der Waals surface area contributed by atoms with Gasteiger partial charge in [0.1, 0.15) is 5.84 Å². The molecule has 0 bridgehead atoms. The van der Waals surface area contributed by atoms with E-state index in [1.54, 1.807) is 17.3 Å². The summed E-state index contributed by atoms with van der Waals surface area (Å²) in [7, 11) is 0. The molecule has 7 heteroatoms. The summed E-state index contributed by atoms with van der Waals surface area (Å²) in [6.45, 7) is 0.624. The number of urea groups is 1. The summed E-state index contributed by atoms with van der Waals surface area (Å²) >= 11 is 1.52. The van der Waals surface area contributed by atoms with Gasteiger partial charge in [-0.15, -0.1) is 0 Å². The van der Waals surface area contributed by atoms with Gasteiger partial charge < -0.3 is 0 Å². The summed E-state index contributed by atoms with van der Waals surface area (Å²) in [6, 6.07) is 1.78. The topological polar surface area (TPSA) is 70.8 Å². The Bertz CT molecular complexity index is 714. The molecule has 112 valence electrons. The molecule has 3 atom stereocenters. The van der Waals surface area contributed by atoms with Gasteiger partial charge in [-0.05, 0) is 12.3 Å². The van der Waals surface area contributed by atoms with Crippen LogP contribution in [0, 0.1) is 5.92 Å². The molecule has 3 aliphatic heterocycles. The van der Waals surface area contributed by atoms with Gasteiger partial charge >= 0.3 is 6.03 Å². The lowest BCUT2D eigenvalue weighted by Crippen LogP contribution is -2.41. The van der Waals surface area contributed by atoms with Crippen molar-refractivity contribution in [2.75, 3.05) is 12.8 Å². The molecule has 1 saturated heterocycles. The van der Waals surface area contributed by atoms with Crippen LogP contribution >= 0.6 is 11.8 Å². The predicted octanol–water partition coefficient (Wildman–Crippen LogP) is 2.15. The molecule has 1 aromatic rings. The van der Waals surface area contributed by atoms with Gasteiger partial charge in [-0.2, -0.15) is 0 Å². The van der Waals surface area contributed by atoms with E-state index in [0.29, 0.717) is 6.54 Å². The van der Waals surface area contributed by atoms with Crippen molar-refractivity contribution in [3.8, 4) is 0 Å². The summed E-state index contributed by atoms with van der Waals surface area (Å²) in [5.41, 5.74) is 0.971. The fourth-order valence-corrected chi connectivity index (χ4v) is 3.81. The Morgan fingerprint density at radius 3 is 3.18 bits per heavy atom. The highest BCUT2D eigenvalue weighted by atomic mass is 32.2. The Hall–Kier alpha value is -2.02. The number of amidine groups is 1. The summed E-state index contributed by atoms with van der Waals surface area (Å²) < 4.78 is 0. The van der Waals surface area contributed by atoms with Crippen LogP contribution in [-0.4, -0.2) is 51.8 Å². The van der Waals surface area contributed by atoms with Crippen molar-refractivity contribution in [3.63, 3.8) is 0 Å². The van der Waals surface area contributed by atoms with Gasteiger partial charge in [0.2, 0.25) is 0 Å². The standard InChI is InChI=1S/C15H15N5OS/c1-22-14-17-7-4-10(19-14)12-9-3-2-6-16-13(9)20-11(12)5-8-18-15(20)21/h2-4,7-9,11-12H,5-6H2,1H3. The number of carbonyl (C=O) groups excluding carboxylic acids is 1. The maximum Gasteiger partial charge on any atom is 0.348 e. The number of rotatable bonds is 2. The fourth-order valence-electron chi connectivity index (χ4n) is 3.44. The average molecular weight is 313 g/mol. The molecular formula is C15H15N5OS. The number of hydrogen-bond acceptors (Lipinski definition) is 5. The van der Waals surface area contributed by atoms with Crippen LogP contribution in [0.5, 0.6) is 0 Å². The SMILES string of the molecule is CSc1nccc(C2C3C=CCN=C3N3C(=O)N=CCC23)n1. The summed E-state index contributed by atoms with van der Waals surface area (Å²) in [6.07, 6.45) is 10.4. The molecule has 0 spiro atoms. The zero-order valence-electron chi connectivity index (χ0n) is 12.1. The number of carbonyl (C=O) groups is 1. The quantitative estimate of drug-likeness (QED) is 0.476. The first-order valence-corrected chi connectivity index (χ1v) is 8.45. The van der Waals surface area contributed by atoms with E-state index >= 15 is 0 Å². The van der Waals surface area contributed by atoms with Crippen molar-refractivity contribution in [3.05, 3.63) is 30.1 Å². The van der Waals surface area contributed by atoms with E-state index in [1.807, 2.05) is 12.3 Å². The van der Waals surface area contributed by atoms with E-state index in [9.17, 15) is 4.79 Å². The molecule has 0 aromatic carbocycles. The molecule has 3 aliphatic rings. The number of dihydropyridines is 1. The highest BCUT2D eigenvalue weighted by Crippen LogP contribution is 2.43. The number of nitrogens with zero attached hydrogens (tertiary/aromatic N) is 5. The number of fused-ring (bicyclic) bond motifs is 3. The third-order valence-corrected chi connectivity index (χ3v) is 4.88. The maximum atomic E-state index is 12.2. The largest absolute Gasteiger partial charge is 0.348 e. The summed E-state index contributed by atoms with van der Waals surface area (Å²) in [4.78, 5) is 31.4. The molecule has 0 aliphatic carbocycles. The summed E-state index contributed by atoms with van der Waals surface area (Å²) in [5, 5.41) is 0.755. The van der Waals surface area contributed by atoms with Crippen LogP contribution in [0.1, 0.15) is 18.0 Å². The van der Waals surface area contributed by atoms with E-state index in [4.69, 9.17) is 0 Å². The van der Waals surface area contributed by atoms with E-state index in [1.165, 1.54) is 11.8 Å². The van der Waals surface area contributed by atoms with Crippen molar-refractivity contribution in [2.45, 2.75) is 23.5 Å². The molecule has 4 heterocycles. The molecule has 1 aromatic heterocycles. The van der Waals surface area contributed by atoms with Crippen molar-refractivity contribution >= 4 is 29.8 Å². The highest BCUT2D eigenvalue weighted by Gasteiger charge is 2.50. The van der Waals surface area contributed by atoms with Crippen LogP contribution in [-0.2, 0) is 0 Å². The van der Waals surface area contributed by atoms with Crippen LogP contribution in [0.15, 0.2) is 39.6 Å². The lowest BCUT2D eigenvalue weighted by Gasteiger charge is -2.27. The molecular weight excluding hydrogens is 298 g/mol. The third-order valence-electron chi connectivity index (χ3n) is 4.31. The summed E-state index contributed by atoms with van der Waals surface area (Å²) in [5.74, 6) is 1.04. The molecule has 0 saturated carbocycles. The number of aromatic nitrogens is 2. The minimum Gasteiger partial charge on any atom is -0.276 e. The number of hydrogen-bond donors (Lipinski definition) is 0. The van der Waals surface area contributed by atoms with Crippen molar-refractivity contribution in [1.29, 1.82) is 0 Å². The molecule has 1 fully saturated rings. The second-order valence-electron chi connectivity index (χ2n) is 5.41. The Morgan fingerprint density at radius 2 is 2.32 bits per heavy atom. The first kappa shape index (κ1) is 13.6. The number of thioether (sulfide) groups is 1. The molecule has 4 rings (SSSR count). The Kier molecular flexibility index (Phi) is 3.29. The van der Waals surface area contributed by atoms with Crippen LogP contribution in [0.4, 0.5) is 4.79 Å². The van der Waals surface area contributed by atoms with E-state index in [2.05, 4.69) is 32.1 Å². The second kappa shape index (κ2) is 5.31. The lowest BCUT2D eigenvalue weighted by molar-refractivity contribution is 0.217. The molecule has 2 amide bonds. The van der Waals surface area contributed by atoms with Gasteiger partial charge in [0.25, 0.3) is 0 Å². The van der Waals surface area contributed by atoms with Crippen molar-refractivity contribution < 1.29 is 4.79 Å². The van der Waals surface area contributed by atoms with Crippen LogP contribution in [0.3, 0.4) is 0 Å². The van der Waals surface area contributed by atoms with Gasteiger partial charge in [-0.3, -0.25) is 9.89 Å². The van der Waals surface area contributed by atoms with E-state index < -0.39 is 0 Å². The van der Waals surface area contributed by atoms with Gasteiger partial charge in [-0.25, -0.2) is 19.8 Å². The monoisotopic (exact) mass is 313 g/mol. The Balaban J connectivity index is 1.81. The van der Waals surface area contributed by atoms with E-state index in [-0.39, 0.29) is 23.9 Å². The molecule has 0 radical (unpaired) electrons. The second-order valence-corrected chi connectivity index (χ2v) is 6.19. The van der Waals surface area contributed by atoms with Crippen LogP contribution in [0.25, 0.3) is 0 Å². The minimum absolute atomic E-state index is 0.0427. The van der Waals surface area contributed by atoms with Gasteiger partial charge in [-0.1, -0.05) is 23.9 Å². The Morgan fingerprint density at radius 1 is 1.41 bits per heavy atom. The zero-order chi connectivity index (χ0) is 15.1. The average Bonchev–Trinajstić information content (AvgIpc) is 2.90. The number of aliphatic imine (C=N–C) groups is 2. The first-order valence-electron chi connectivity index (χ1n) is 7.23. The fraction of sp³-hybridized carbons (Fsp3) is 0.400. The lowest BCUT2D eigenvalue weighted by atomic mass is 9.85. The first-order chi connectivity index (χ1) is 10.8. The van der Waals surface area contributed by atoms with Crippen LogP contribution < -0.4 is 0 Å². The molecule has 22 heavy (non-hydrogen) atoms. The highest BCUT2D eigenvalue weighted by molar-refractivity contribution is 7.98.